The summed E-state index contributed by atoms with van der Waals surface area (Å²) < 4.78 is 24.6. The van der Waals surface area contributed by atoms with Gasteiger partial charge in [0.2, 0.25) is 0 Å². The molecular formula is C33H38O9. The molecule has 0 aromatic heterocycles. The standard InChI is InChI=1S/C33H38O9/c1-19-26(36)27(39-20(2)34)29(41-30(38)22-14-10-7-11-15-22)32(5)24(18-23-28(37)33(19,32)42-31(23,3)4)40-25(35)17-16-21-12-8-6-9-13-21/h6-17,19,23-24,26-29,36-37H,18H2,1-5H3/b17-16+/t19-,23-,24+,26-,27-,28-,29+,32-,33-/m1/s1. The van der Waals surface area contributed by atoms with E-state index >= 15 is 0 Å². The zero-order valence-electron chi connectivity index (χ0n) is 24.4. The van der Waals surface area contributed by atoms with E-state index in [9.17, 15) is 24.6 Å². The Balaban J connectivity index is 1.61. The van der Waals surface area contributed by atoms with Gasteiger partial charge in [0.25, 0.3) is 0 Å². The number of hydrogen-bond donors (Lipinski definition) is 2. The summed E-state index contributed by atoms with van der Waals surface area (Å²) >= 11 is 0. The summed E-state index contributed by atoms with van der Waals surface area (Å²) in [7, 11) is 0. The van der Waals surface area contributed by atoms with Gasteiger partial charge >= 0.3 is 17.9 Å². The van der Waals surface area contributed by atoms with Crippen molar-refractivity contribution < 1.29 is 43.5 Å². The normalized spacial score (nSPS) is 36.6. The summed E-state index contributed by atoms with van der Waals surface area (Å²) in [6.45, 7) is 8.31. The van der Waals surface area contributed by atoms with Crippen molar-refractivity contribution in [2.24, 2.45) is 17.3 Å². The fourth-order valence-corrected chi connectivity index (χ4v) is 7.48. The lowest BCUT2D eigenvalue weighted by Gasteiger charge is -2.63. The highest BCUT2D eigenvalue weighted by atomic mass is 16.6. The lowest BCUT2D eigenvalue weighted by molar-refractivity contribution is -0.323. The van der Waals surface area contributed by atoms with E-state index in [2.05, 4.69) is 0 Å². The molecule has 3 fully saturated rings. The molecule has 1 aliphatic heterocycles. The number of esters is 3. The lowest BCUT2D eigenvalue weighted by atomic mass is 9.48. The van der Waals surface area contributed by atoms with Crippen LogP contribution in [0.3, 0.4) is 0 Å². The highest BCUT2D eigenvalue weighted by molar-refractivity contribution is 5.89. The van der Waals surface area contributed by atoms with E-state index in [4.69, 9.17) is 18.9 Å². The molecule has 5 rings (SSSR count). The summed E-state index contributed by atoms with van der Waals surface area (Å²) in [5.41, 5.74) is -2.80. The van der Waals surface area contributed by atoms with Crippen molar-refractivity contribution in [2.45, 2.75) is 82.8 Å². The molecule has 9 nitrogen and oxygen atoms in total. The average molecular weight is 579 g/mol. The third-order valence-corrected chi connectivity index (χ3v) is 9.55. The van der Waals surface area contributed by atoms with Gasteiger partial charge in [-0.2, -0.15) is 0 Å². The van der Waals surface area contributed by atoms with Crippen LogP contribution in [0.5, 0.6) is 0 Å². The second-order valence-corrected chi connectivity index (χ2v) is 12.3. The Morgan fingerprint density at radius 2 is 1.55 bits per heavy atom. The number of benzene rings is 2. The van der Waals surface area contributed by atoms with E-state index in [1.54, 1.807) is 50.3 Å². The number of carbonyl (C=O) groups excluding carboxylic acids is 3. The molecule has 0 radical (unpaired) electrons. The minimum atomic E-state index is -1.52. The van der Waals surface area contributed by atoms with Crippen molar-refractivity contribution in [1.82, 2.24) is 0 Å². The third-order valence-electron chi connectivity index (χ3n) is 9.55. The second kappa shape index (κ2) is 10.9. The first-order chi connectivity index (χ1) is 19.8. The molecule has 3 aliphatic rings. The molecule has 1 heterocycles. The molecule has 224 valence electrons. The van der Waals surface area contributed by atoms with Crippen molar-refractivity contribution in [3.8, 4) is 0 Å². The SMILES string of the molecule is CC(=O)O[C@@H]1[C@H](O)[C@@H](C)[C@]23OC(C)(C)[C@H](C[C@H](OC(=O)/C=C/c4ccccc4)[C@]2(C)[C@H]1OC(=O)c1ccccc1)[C@H]3O. The Bertz CT molecular complexity index is 1360. The van der Waals surface area contributed by atoms with Crippen LogP contribution in [0.2, 0.25) is 0 Å². The first-order valence-corrected chi connectivity index (χ1v) is 14.3. The smallest absolute Gasteiger partial charge is 0.338 e. The largest absolute Gasteiger partial charge is 0.458 e. The van der Waals surface area contributed by atoms with Gasteiger partial charge in [-0.05, 0) is 51.0 Å². The van der Waals surface area contributed by atoms with Crippen molar-refractivity contribution >= 4 is 24.0 Å². The number of fused-ring (bicyclic) bond motifs is 1. The zero-order valence-corrected chi connectivity index (χ0v) is 24.4. The molecule has 2 bridgehead atoms. The zero-order chi connectivity index (χ0) is 30.4. The number of aliphatic hydroxyl groups is 2. The summed E-state index contributed by atoms with van der Waals surface area (Å²) in [6, 6.07) is 17.6. The second-order valence-electron chi connectivity index (χ2n) is 12.3. The molecule has 2 saturated carbocycles. The first-order valence-electron chi connectivity index (χ1n) is 14.3. The van der Waals surface area contributed by atoms with Gasteiger partial charge in [-0.3, -0.25) is 4.79 Å². The van der Waals surface area contributed by atoms with Crippen LogP contribution in [0.15, 0.2) is 66.7 Å². The van der Waals surface area contributed by atoms with E-state index in [1.807, 2.05) is 44.2 Å². The van der Waals surface area contributed by atoms with Gasteiger partial charge in [-0.1, -0.05) is 55.5 Å². The van der Waals surface area contributed by atoms with Gasteiger partial charge < -0.3 is 29.2 Å². The maximum atomic E-state index is 13.5. The van der Waals surface area contributed by atoms with Gasteiger partial charge in [0.15, 0.2) is 12.2 Å². The van der Waals surface area contributed by atoms with Crippen LogP contribution < -0.4 is 0 Å². The minimum Gasteiger partial charge on any atom is -0.458 e. The molecule has 2 aromatic carbocycles. The van der Waals surface area contributed by atoms with Crippen LogP contribution in [0.25, 0.3) is 6.08 Å². The van der Waals surface area contributed by atoms with E-state index in [1.165, 1.54) is 13.0 Å². The van der Waals surface area contributed by atoms with Crippen molar-refractivity contribution in [3.05, 3.63) is 77.9 Å². The summed E-state index contributed by atoms with van der Waals surface area (Å²) in [5, 5.41) is 23.5. The average Bonchev–Trinajstić information content (AvgIpc) is 3.12. The fourth-order valence-electron chi connectivity index (χ4n) is 7.48. The molecule has 1 saturated heterocycles. The quantitative estimate of drug-likeness (QED) is 0.299. The number of rotatable bonds is 6. The van der Waals surface area contributed by atoms with Crippen molar-refractivity contribution in [1.29, 1.82) is 0 Å². The van der Waals surface area contributed by atoms with Crippen LogP contribution in [0.4, 0.5) is 0 Å². The van der Waals surface area contributed by atoms with Crippen LogP contribution in [-0.4, -0.2) is 69.8 Å². The monoisotopic (exact) mass is 578 g/mol. The topological polar surface area (TPSA) is 129 Å². The number of ether oxygens (including phenoxy) is 4. The van der Waals surface area contributed by atoms with E-state index < -0.39 is 76.9 Å². The lowest BCUT2D eigenvalue weighted by Crippen LogP contribution is -2.79. The fraction of sp³-hybridized carbons (Fsp3) is 0.485. The molecule has 0 unspecified atom stereocenters. The predicted octanol–water partition coefficient (Wildman–Crippen LogP) is 3.71. The number of carbonyl (C=O) groups is 3. The molecule has 1 spiro atoms. The Morgan fingerprint density at radius 3 is 2.17 bits per heavy atom. The maximum absolute atomic E-state index is 13.5. The molecular weight excluding hydrogens is 540 g/mol. The van der Waals surface area contributed by atoms with Gasteiger partial charge in [-0.25, -0.2) is 9.59 Å². The molecule has 9 heteroatoms. The van der Waals surface area contributed by atoms with Gasteiger partial charge in [-0.15, -0.1) is 0 Å². The molecule has 2 N–H and O–H groups in total. The molecule has 2 aromatic rings. The van der Waals surface area contributed by atoms with Crippen LogP contribution >= 0.6 is 0 Å². The maximum Gasteiger partial charge on any atom is 0.338 e. The number of aliphatic hydroxyl groups excluding tert-OH is 2. The highest BCUT2D eigenvalue weighted by Crippen LogP contribution is 2.67. The van der Waals surface area contributed by atoms with Gasteiger partial charge in [0.05, 0.1) is 22.7 Å². The Kier molecular flexibility index (Phi) is 7.81. The van der Waals surface area contributed by atoms with Crippen LogP contribution in [-0.2, 0) is 28.5 Å². The molecule has 9 atom stereocenters. The first kappa shape index (κ1) is 29.9. The molecule has 0 amide bonds. The van der Waals surface area contributed by atoms with Crippen molar-refractivity contribution in [2.75, 3.05) is 0 Å². The van der Waals surface area contributed by atoms with E-state index in [-0.39, 0.29) is 12.0 Å². The number of hydrogen-bond acceptors (Lipinski definition) is 9. The molecule has 2 aliphatic carbocycles. The van der Waals surface area contributed by atoms with Crippen LogP contribution in [0.1, 0.15) is 57.0 Å². The summed E-state index contributed by atoms with van der Waals surface area (Å²) in [6.07, 6.45) is -2.94. The van der Waals surface area contributed by atoms with E-state index in [0.29, 0.717) is 0 Å². The Labute approximate surface area is 245 Å². The summed E-state index contributed by atoms with van der Waals surface area (Å²) in [4.78, 5) is 39.0. The van der Waals surface area contributed by atoms with Crippen molar-refractivity contribution in [3.63, 3.8) is 0 Å². The Morgan fingerprint density at radius 1 is 0.929 bits per heavy atom. The Hall–Kier alpha value is -3.53. The molecule has 42 heavy (non-hydrogen) atoms. The highest BCUT2D eigenvalue weighted by Gasteiger charge is 2.81. The summed E-state index contributed by atoms with van der Waals surface area (Å²) in [5.74, 6) is -3.32. The minimum absolute atomic E-state index is 0.187. The predicted molar refractivity (Wildman–Crippen MR) is 152 cm³/mol. The van der Waals surface area contributed by atoms with E-state index in [0.717, 1.165) is 5.56 Å². The third kappa shape index (κ3) is 4.73. The van der Waals surface area contributed by atoms with Gasteiger partial charge in [0.1, 0.15) is 17.8 Å². The van der Waals surface area contributed by atoms with Crippen LogP contribution in [0, 0.1) is 17.3 Å². The van der Waals surface area contributed by atoms with Gasteiger partial charge in [0, 0.05) is 24.8 Å².